The summed E-state index contributed by atoms with van der Waals surface area (Å²) < 4.78 is 5.30. The lowest BCUT2D eigenvalue weighted by atomic mass is 9.95. The Hall–Kier alpha value is -3.19. The highest BCUT2D eigenvalue weighted by Crippen LogP contribution is 2.40. The summed E-state index contributed by atoms with van der Waals surface area (Å²) in [6, 6.07) is 12.6. The van der Waals surface area contributed by atoms with Gasteiger partial charge < -0.3 is 4.74 Å². The zero-order valence-electron chi connectivity index (χ0n) is 15.1. The minimum absolute atomic E-state index is 0.0562. The van der Waals surface area contributed by atoms with Gasteiger partial charge in [0.25, 0.3) is 5.91 Å². The van der Waals surface area contributed by atoms with E-state index in [1.807, 2.05) is 0 Å². The van der Waals surface area contributed by atoms with Gasteiger partial charge in [0.05, 0.1) is 18.5 Å². The number of Topliss-reactive ketones (excluding diaryl/α,β-unsaturated/α-hetero) is 1. The molecule has 0 aliphatic carbocycles. The molecule has 142 valence electrons. The van der Waals surface area contributed by atoms with Crippen molar-refractivity contribution in [3.8, 4) is 5.75 Å². The molecule has 0 bridgehead atoms. The van der Waals surface area contributed by atoms with Gasteiger partial charge in [-0.05, 0) is 30.3 Å². The number of hydrogen-bond donors (Lipinski definition) is 0. The molecule has 2 aromatic carbocycles. The number of amides is 2. The van der Waals surface area contributed by atoms with E-state index in [1.54, 1.807) is 48.5 Å². The van der Waals surface area contributed by atoms with Crippen LogP contribution in [-0.4, -0.2) is 36.5 Å². The number of rotatable bonds is 4. The van der Waals surface area contributed by atoms with E-state index in [9.17, 15) is 14.4 Å². The number of hydrazone groups is 1. The Bertz CT molecular complexity index is 1040. The molecule has 0 unspecified atom stereocenters. The average Bonchev–Trinajstić information content (AvgIpc) is 3.19. The molecule has 4 rings (SSSR count). The van der Waals surface area contributed by atoms with Crippen LogP contribution in [0.4, 0.5) is 11.4 Å². The summed E-state index contributed by atoms with van der Waals surface area (Å²) in [4.78, 5) is 39.7. The maximum atomic E-state index is 13.3. The minimum atomic E-state index is -0.978. The fourth-order valence-electron chi connectivity index (χ4n) is 3.59. The highest BCUT2D eigenvalue weighted by molar-refractivity contribution is 6.49. The van der Waals surface area contributed by atoms with Gasteiger partial charge >= 0.3 is 0 Å². The van der Waals surface area contributed by atoms with E-state index in [0.717, 1.165) is 4.90 Å². The van der Waals surface area contributed by atoms with Gasteiger partial charge in [-0.3, -0.25) is 19.4 Å². The van der Waals surface area contributed by atoms with E-state index in [0.29, 0.717) is 22.1 Å². The summed E-state index contributed by atoms with van der Waals surface area (Å²) in [7, 11) is 1.46. The average molecular weight is 398 g/mol. The molecule has 28 heavy (non-hydrogen) atoms. The predicted octanol–water partition coefficient (Wildman–Crippen LogP) is 2.67. The Morgan fingerprint density at radius 1 is 1.11 bits per heavy atom. The number of para-hydroxylation sites is 2. The highest BCUT2D eigenvalue weighted by atomic mass is 35.5. The van der Waals surface area contributed by atoms with Crippen molar-refractivity contribution in [2.45, 2.75) is 13.0 Å². The molecule has 0 saturated carbocycles. The Morgan fingerprint density at radius 3 is 2.54 bits per heavy atom. The summed E-state index contributed by atoms with van der Waals surface area (Å²) in [6.45, 7) is 1.33. The third-order valence-corrected chi connectivity index (χ3v) is 5.04. The van der Waals surface area contributed by atoms with Crippen LogP contribution in [0.1, 0.15) is 6.92 Å². The zero-order chi connectivity index (χ0) is 20.0. The lowest BCUT2D eigenvalue weighted by Crippen LogP contribution is -2.39. The van der Waals surface area contributed by atoms with E-state index in [-0.39, 0.29) is 11.5 Å². The maximum Gasteiger partial charge on any atom is 0.260 e. The highest BCUT2D eigenvalue weighted by Gasteiger charge is 2.58. The summed E-state index contributed by atoms with van der Waals surface area (Å²) in [5.74, 6) is -1.92. The van der Waals surface area contributed by atoms with E-state index >= 15 is 0 Å². The summed E-state index contributed by atoms with van der Waals surface area (Å²) in [5, 5.41) is 6.16. The zero-order valence-corrected chi connectivity index (χ0v) is 15.9. The van der Waals surface area contributed by atoms with Gasteiger partial charge in [0.1, 0.15) is 23.4 Å². The number of benzene rings is 2. The summed E-state index contributed by atoms with van der Waals surface area (Å²) in [6.07, 6.45) is 0. The number of hydrogen-bond acceptors (Lipinski definition) is 6. The topological polar surface area (TPSA) is 79.3 Å². The molecule has 2 aliphatic rings. The molecule has 2 atom stereocenters. The van der Waals surface area contributed by atoms with Gasteiger partial charge in [-0.2, -0.15) is 5.10 Å². The number of imide groups is 1. The third-order valence-electron chi connectivity index (χ3n) is 4.81. The largest absolute Gasteiger partial charge is 0.495 e. The van der Waals surface area contributed by atoms with Crippen LogP contribution in [0.2, 0.25) is 5.02 Å². The van der Waals surface area contributed by atoms with Crippen LogP contribution in [0.3, 0.4) is 0 Å². The van der Waals surface area contributed by atoms with Crippen LogP contribution in [0.5, 0.6) is 5.75 Å². The normalized spacial score (nSPS) is 21.0. The number of carbonyl (C=O) groups is 3. The summed E-state index contributed by atoms with van der Waals surface area (Å²) in [5.41, 5.74) is 0.922. The quantitative estimate of drug-likeness (QED) is 0.741. The Kier molecular flexibility index (Phi) is 4.39. The van der Waals surface area contributed by atoms with Gasteiger partial charge in [-0.15, -0.1) is 0 Å². The van der Waals surface area contributed by atoms with Crippen LogP contribution < -0.4 is 14.6 Å². The Labute approximate surface area is 166 Å². The van der Waals surface area contributed by atoms with Gasteiger partial charge in [0, 0.05) is 11.9 Å². The van der Waals surface area contributed by atoms with Crippen molar-refractivity contribution < 1.29 is 19.1 Å². The smallest absolute Gasteiger partial charge is 0.260 e. The lowest BCUT2D eigenvalue weighted by molar-refractivity contribution is -0.122. The third kappa shape index (κ3) is 2.66. The Morgan fingerprint density at radius 2 is 1.86 bits per heavy atom. The van der Waals surface area contributed by atoms with Gasteiger partial charge in [0.15, 0.2) is 5.78 Å². The number of ketones is 1. The number of methoxy groups -OCH3 is 1. The molecule has 7 nitrogen and oxygen atoms in total. The Balaban J connectivity index is 1.83. The molecule has 0 radical (unpaired) electrons. The second kappa shape index (κ2) is 6.76. The van der Waals surface area contributed by atoms with Gasteiger partial charge in [-0.25, -0.2) is 4.90 Å². The first-order valence-corrected chi connectivity index (χ1v) is 8.97. The van der Waals surface area contributed by atoms with E-state index in [1.165, 1.54) is 19.0 Å². The van der Waals surface area contributed by atoms with Gasteiger partial charge in [0.2, 0.25) is 5.91 Å². The number of carbonyl (C=O) groups excluding carboxylic acids is 3. The number of ether oxygens (including phenoxy) is 1. The van der Waals surface area contributed by atoms with Gasteiger partial charge in [-0.1, -0.05) is 29.8 Å². The van der Waals surface area contributed by atoms with Crippen molar-refractivity contribution in [2.24, 2.45) is 11.0 Å². The SMILES string of the molecule is COc1ccccc1N1C(=O)[C@H]2C(C(C)=O)=NN(c3cccc(Cl)c3)[C@H]2C1=O. The van der Waals surface area contributed by atoms with Crippen molar-refractivity contribution in [3.63, 3.8) is 0 Å². The van der Waals surface area contributed by atoms with E-state index in [4.69, 9.17) is 16.3 Å². The van der Waals surface area contributed by atoms with Crippen molar-refractivity contribution in [1.29, 1.82) is 0 Å². The molecule has 1 saturated heterocycles. The number of fused-ring (bicyclic) bond motifs is 1. The van der Waals surface area contributed by atoms with E-state index < -0.39 is 23.8 Å². The first-order valence-electron chi connectivity index (χ1n) is 8.59. The number of anilines is 2. The van der Waals surface area contributed by atoms with Crippen molar-refractivity contribution in [3.05, 3.63) is 53.6 Å². The second-order valence-electron chi connectivity index (χ2n) is 6.47. The monoisotopic (exact) mass is 397 g/mol. The van der Waals surface area contributed by atoms with Crippen LogP contribution in [0.25, 0.3) is 0 Å². The first kappa shape index (κ1) is 18.2. The first-order chi connectivity index (χ1) is 13.4. The molecule has 2 aromatic rings. The fraction of sp³-hybridized carbons (Fsp3) is 0.200. The molecule has 0 aromatic heterocycles. The number of halogens is 1. The standard InChI is InChI=1S/C20H16ClN3O4/c1-11(25)17-16-18(24(22-17)13-7-5-6-12(21)10-13)20(27)23(19(16)26)14-8-3-4-9-15(14)28-2/h3-10,16,18H,1-2H3/t16-,18+/m0/s1. The molecule has 2 amide bonds. The lowest BCUT2D eigenvalue weighted by Gasteiger charge is -2.23. The molecule has 1 fully saturated rings. The van der Waals surface area contributed by atoms with Crippen LogP contribution in [0, 0.1) is 5.92 Å². The second-order valence-corrected chi connectivity index (χ2v) is 6.91. The van der Waals surface area contributed by atoms with E-state index in [2.05, 4.69) is 5.10 Å². The maximum absolute atomic E-state index is 13.3. The molecular formula is C20H16ClN3O4. The van der Waals surface area contributed by atoms with Crippen molar-refractivity contribution in [2.75, 3.05) is 17.0 Å². The van der Waals surface area contributed by atoms with Crippen LogP contribution >= 0.6 is 11.6 Å². The minimum Gasteiger partial charge on any atom is -0.495 e. The molecular weight excluding hydrogens is 382 g/mol. The number of nitrogens with zero attached hydrogens (tertiary/aromatic N) is 3. The molecule has 2 heterocycles. The predicted molar refractivity (Wildman–Crippen MR) is 105 cm³/mol. The van der Waals surface area contributed by atoms with Crippen molar-refractivity contribution in [1.82, 2.24) is 0 Å². The molecule has 2 aliphatic heterocycles. The van der Waals surface area contributed by atoms with Crippen LogP contribution in [-0.2, 0) is 14.4 Å². The molecule has 0 N–H and O–H groups in total. The fourth-order valence-corrected chi connectivity index (χ4v) is 3.77. The van der Waals surface area contributed by atoms with Crippen LogP contribution in [0.15, 0.2) is 53.6 Å². The molecule has 0 spiro atoms. The molecule has 8 heteroatoms. The summed E-state index contributed by atoms with van der Waals surface area (Å²) >= 11 is 6.07. The van der Waals surface area contributed by atoms with Crippen molar-refractivity contribution >= 4 is 46.3 Å².